The number of carbonyl (C=O) groups excluding carboxylic acids is 3. The first-order chi connectivity index (χ1) is 13.9. The lowest BCUT2D eigenvalue weighted by Crippen LogP contribution is -2.37. The van der Waals surface area contributed by atoms with Crippen molar-refractivity contribution in [3.8, 4) is 0 Å². The van der Waals surface area contributed by atoms with Crippen LogP contribution in [-0.4, -0.2) is 40.0 Å². The zero-order chi connectivity index (χ0) is 21.0. The molecule has 0 spiro atoms. The molecule has 8 nitrogen and oxygen atoms in total. The lowest BCUT2D eigenvalue weighted by atomic mass is 10.1. The average Bonchev–Trinajstić information content (AvgIpc) is 2.96. The Morgan fingerprint density at radius 2 is 1.93 bits per heavy atom. The highest BCUT2D eigenvalue weighted by Crippen LogP contribution is 2.31. The number of amides is 3. The standard InChI is InChI=1S/C20H17N3O5S/c1-13-7-8-15(12-16(13)23(27)28)18(24)21-9-10-22-19(25)17(29-20(22)26)11-14-5-3-2-4-6-14/h2-8,11-12H,9-10H2,1H3,(H,21,24). The van der Waals surface area contributed by atoms with Gasteiger partial charge in [0.1, 0.15) is 0 Å². The number of aryl methyl sites for hydroxylation is 1. The molecule has 1 saturated heterocycles. The molecule has 1 aliphatic heterocycles. The van der Waals surface area contributed by atoms with Gasteiger partial charge in [-0.2, -0.15) is 0 Å². The minimum atomic E-state index is -0.550. The first-order valence-electron chi connectivity index (χ1n) is 8.70. The lowest BCUT2D eigenvalue weighted by molar-refractivity contribution is -0.385. The fourth-order valence-corrected chi connectivity index (χ4v) is 3.59. The number of nitro groups is 1. The van der Waals surface area contributed by atoms with E-state index in [1.54, 1.807) is 13.0 Å². The summed E-state index contributed by atoms with van der Waals surface area (Å²) in [5.41, 5.74) is 1.26. The maximum atomic E-state index is 12.5. The fourth-order valence-electron chi connectivity index (χ4n) is 2.72. The predicted octanol–water partition coefficient (Wildman–Crippen LogP) is 3.37. The van der Waals surface area contributed by atoms with Gasteiger partial charge in [-0.15, -0.1) is 0 Å². The molecule has 0 saturated carbocycles. The van der Waals surface area contributed by atoms with Crippen molar-refractivity contribution in [1.82, 2.24) is 10.2 Å². The van der Waals surface area contributed by atoms with E-state index in [0.29, 0.717) is 10.5 Å². The van der Waals surface area contributed by atoms with Crippen molar-refractivity contribution in [2.75, 3.05) is 13.1 Å². The summed E-state index contributed by atoms with van der Waals surface area (Å²) in [6, 6.07) is 13.4. The van der Waals surface area contributed by atoms with Gasteiger partial charge in [-0.05, 0) is 36.4 Å². The van der Waals surface area contributed by atoms with E-state index in [9.17, 15) is 24.5 Å². The second-order valence-corrected chi connectivity index (χ2v) is 7.25. The Morgan fingerprint density at radius 1 is 1.21 bits per heavy atom. The number of benzene rings is 2. The predicted molar refractivity (Wildman–Crippen MR) is 109 cm³/mol. The van der Waals surface area contributed by atoms with Gasteiger partial charge in [0.05, 0.1) is 9.83 Å². The van der Waals surface area contributed by atoms with Crippen LogP contribution in [0.5, 0.6) is 0 Å². The number of rotatable bonds is 6. The molecule has 2 aromatic carbocycles. The lowest BCUT2D eigenvalue weighted by Gasteiger charge is -2.13. The van der Waals surface area contributed by atoms with Crippen molar-refractivity contribution in [1.29, 1.82) is 0 Å². The number of hydrogen-bond acceptors (Lipinski definition) is 6. The van der Waals surface area contributed by atoms with Crippen LogP contribution >= 0.6 is 11.8 Å². The third kappa shape index (κ3) is 4.69. The Hall–Kier alpha value is -3.46. The number of carbonyl (C=O) groups is 3. The molecular formula is C20H17N3O5S. The van der Waals surface area contributed by atoms with Gasteiger partial charge in [0.15, 0.2) is 0 Å². The molecule has 1 aliphatic rings. The molecule has 0 unspecified atom stereocenters. The number of nitrogens with zero attached hydrogens (tertiary/aromatic N) is 2. The molecule has 3 rings (SSSR count). The van der Waals surface area contributed by atoms with Gasteiger partial charge in [-0.25, -0.2) is 0 Å². The second-order valence-electron chi connectivity index (χ2n) is 6.26. The molecule has 29 heavy (non-hydrogen) atoms. The number of nitro benzene ring substituents is 1. The Morgan fingerprint density at radius 3 is 2.62 bits per heavy atom. The molecule has 1 N–H and O–H groups in total. The van der Waals surface area contributed by atoms with Crippen molar-refractivity contribution in [3.63, 3.8) is 0 Å². The summed E-state index contributed by atoms with van der Waals surface area (Å²) < 4.78 is 0. The summed E-state index contributed by atoms with van der Waals surface area (Å²) in [6.45, 7) is 1.64. The zero-order valence-corrected chi connectivity index (χ0v) is 16.3. The van der Waals surface area contributed by atoms with Crippen LogP contribution in [0.1, 0.15) is 21.5 Å². The van der Waals surface area contributed by atoms with Crippen LogP contribution in [0.4, 0.5) is 10.5 Å². The van der Waals surface area contributed by atoms with Gasteiger partial charge in [0.2, 0.25) is 0 Å². The molecule has 0 aliphatic carbocycles. The summed E-state index contributed by atoms with van der Waals surface area (Å²) in [7, 11) is 0. The summed E-state index contributed by atoms with van der Waals surface area (Å²) in [4.78, 5) is 48.7. The third-order valence-electron chi connectivity index (χ3n) is 4.26. The van der Waals surface area contributed by atoms with Crippen LogP contribution in [0.2, 0.25) is 0 Å². The normalized spacial score (nSPS) is 15.1. The van der Waals surface area contributed by atoms with Crippen LogP contribution in [-0.2, 0) is 4.79 Å². The topological polar surface area (TPSA) is 110 Å². The highest BCUT2D eigenvalue weighted by atomic mass is 32.2. The van der Waals surface area contributed by atoms with Crippen LogP contribution < -0.4 is 5.32 Å². The van der Waals surface area contributed by atoms with Gasteiger partial charge in [-0.1, -0.05) is 36.4 Å². The third-order valence-corrected chi connectivity index (χ3v) is 5.17. The van der Waals surface area contributed by atoms with Gasteiger partial charge in [0.25, 0.3) is 22.7 Å². The van der Waals surface area contributed by atoms with Crippen molar-refractivity contribution in [3.05, 3.63) is 80.2 Å². The zero-order valence-electron chi connectivity index (χ0n) is 15.5. The van der Waals surface area contributed by atoms with E-state index < -0.39 is 22.0 Å². The maximum absolute atomic E-state index is 12.5. The highest BCUT2D eigenvalue weighted by molar-refractivity contribution is 8.18. The van der Waals surface area contributed by atoms with E-state index in [1.807, 2.05) is 30.3 Å². The van der Waals surface area contributed by atoms with Crippen molar-refractivity contribution in [2.45, 2.75) is 6.92 Å². The maximum Gasteiger partial charge on any atom is 0.293 e. The molecule has 2 aromatic rings. The Balaban J connectivity index is 1.60. The first kappa shape index (κ1) is 20.3. The number of nitrogens with one attached hydrogen (secondary N) is 1. The second kappa shape index (κ2) is 8.70. The van der Waals surface area contributed by atoms with E-state index in [2.05, 4.69) is 5.32 Å². The monoisotopic (exact) mass is 411 g/mol. The van der Waals surface area contributed by atoms with Gasteiger partial charge >= 0.3 is 0 Å². The summed E-state index contributed by atoms with van der Waals surface area (Å²) in [6.07, 6.45) is 1.65. The SMILES string of the molecule is Cc1ccc(C(=O)NCCN2C(=O)SC(=Cc3ccccc3)C2=O)cc1[N+](=O)[O-]. The number of hydrogen-bond donors (Lipinski definition) is 1. The Bertz CT molecular complexity index is 1020. The molecule has 0 radical (unpaired) electrons. The smallest absolute Gasteiger partial charge is 0.293 e. The van der Waals surface area contributed by atoms with Gasteiger partial charge in [-0.3, -0.25) is 29.4 Å². The van der Waals surface area contributed by atoms with E-state index >= 15 is 0 Å². The molecule has 0 bridgehead atoms. The fraction of sp³-hybridized carbons (Fsp3) is 0.150. The molecule has 0 aromatic heterocycles. The van der Waals surface area contributed by atoms with Crippen LogP contribution in [0.3, 0.4) is 0 Å². The molecule has 1 fully saturated rings. The van der Waals surface area contributed by atoms with Gasteiger partial charge in [0, 0.05) is 30.3 Å². The van der Waals surface area contributed by atoms with Gasteiger partial charge < -0.3 is 5.32 Å². The highest BCUT2D eigenvalue weighted by Gasteiger charge is 2.34. The minimum Gasteiger partial charge on any atom is -0.350 e. The quantitative estimate of drug-likeness (QED) is 0.443. The van der Waals surface area contributed by atoms with Crippen molar-refractivity contribution in [2.24, 2.45) is 0 Å². The summed E-state index contributed by atoms with van der Waals surface area (Å²) in [5.74, 6) is -0.927. The molecular weight excluding hydrogens is 394 g/mol. The van der Waals surface area contributed by atoms with Crippen molar-refractivity contribution < 1.29 is 19.3 Å². The van der Waals surface area contributed by atoms with Crippen molar-refractivity contribution >= 4 is 40.6 Å². The van der Waals surface area contributed by atoms with Crippen LogP contribution in [0, 0.1) is 17.0 Å². The number of thioether (sulfide) groups is 1. The van der Waals surface area contributed by atoms with Crippen LogP contribution in [0.25, 0.3) is 6.08 Å². The number of imide groups is 1. The van der Waals surface area contributed by atoms with E-state index in [-0.39, 0.29) is 24.3 Å². The summed E-state index contributed by atoms with van der Waals surface area (Å²) >= 11 is 0.849. The first-order valence-corrected chi connectivity index (χ1v) is 9.52. The molecule has 0 atom stereocenters. The molecule has 3 amide bonds. The molecule has 9 heteroatoms. The van der Waals surface area contributed by atoms with Crippen LogP contribution in [0.15, 0.2) is 53.4 Å². The Labute approximate surface area is 170 Å². The molecule has 1 heterocycles. The van der Waals surface area contributed by atoms with E-state index in [4.69, 9.17) is 0 Å². The average molecular weight is 411 g/mol. The minimum absolute atomic E-state index is 0.0104. The van der Waals surface area contributed by atoms with E-state index in [0.717, 1.165) is 22.2 Å². The summed E-state index contributed by atoms with van der Waals surface area (Å²) in [5, 5.41) is 13.2. The largest absolute Gasteiger partial charge is 0.350 e. The Kier molecular flexibility index (Phi) is 6.08. The van der Waals surface area contributed by atoms with E-state index in [1.165, 1.54) is 18.2 Å². The molecule has 148 valence electrons.